The topological polar surface area (TPSA) is 204 Å². The van der Waals surface area contributed by atoms with Crippen LogP contribution in [0.4, 0.5) is 26.3 Å². The molecule has 19 heteroatoms. The third-order valence-corrected chi connectivity index (χ3v) is 6.19. The number of benzene rings is 2. The summed E-state index contributed by atoms with van der Waals surface area (Å²) in [6.45, 7) is 4.87. The molecule has 278 valence electrons. The highest BCUT2D eigenvalue weighted by atomic mass is 19.4. The summed E-state index contributed by atoms with van der Waals surface area (Å²) < 4.78 is 91.6. The number of amides is 3. The van der Waals surface area contributed by atoms with E-state index < -0.39 is 60.2 Å². The molecule has 0 aromatic heterocycles. The first-order chi connectivity index (χ1) is 23.9. The van der Waals surface area contributed by atoms with Crippen LogP contribution in [0, 0.1) is 23.7 Å². The van der Waals surface area contributed by atoms with Crippen LogP contribution < -0.4 is 37.1 Å². The molecule has 2 aromatic rings. The average Bonchev–Trinajstić information content (AvgIpc) is 3.08. The number of rotatable bonds is 13. The minimum atomic E-state index is -4.96. The fourth-order valence-corrected chi connectivity index (χ4v) is 3.53. The van der Waals surface area contributed by atoms with Crippen LogP contribution in [0.1, 0.15) is 41.5 Å². The second-order valence-electron chi connectivity index (χ2n) is 9.74. The van der Waals surface area contributed by atoms with Crippen LogP contribution in [0.2, 0.25) is 0 Å². The standard InChI is InChI=1S/C17H19F3N2O4.C15H16F3N3O4/c1-3-5-10-26-12-8-6-11(7-9-12)15(23)22-13(16(24)25-4-2)14(21)17(18,19)20;1-2-3-8-25-10-6-4-9(5-7-10)13(22)20-11(14(23)21-24)12(19)15(16,17)18/h6-9,13-14H,4,10,21H2,1-2H3,(H,22,23);4-7,11-12,24H,8,19H2,1H3,(H,20,22)(H,21,23)/t13-,14+;11-,12+/m00/s1. The third-order valence-electron chi connectivity index (χ3n) is 6.19. The van der Waals surface area contributed by atoms with Crippen LogP contribution in [0.25, 0.3) is 0 Å². The Morgan fingerprint density at radius 1 is 0.725 bits per heavy atom. The molecule has 0 heterocycles. The molecular weight excluding hydrogens is 696 g/mol. The number of halogens is 6. The lowest BCUT2D eigenvalue weighted by atomic mass is 10.1. The largest absolute Gasteiger partial charge is 0.481 e. The van der Waals surface area contributed by atoms with Crippen molar-refractivity contribution in [2.24, 2.45) is 11.5 Å². The van der Waals surface area contributed by atoms with Gasteiger partial charge in [0.15, 0.2) is 6.04 Å². The number of nitrogens with two attached hydrogens (primary N) is 2. The SMILES string of the molecule is CC#CCOc1ccc(C(=O)N[C@H](C(=O)NO)[C@@H](N)C(F)(F)F)cc1.CC#CCOc1ccc(C(=O)N[C@H](C(=O)OCC)[C@@H](N)C(F)(F)F)cc1. The first-order valence-electron chi connectivity index (χ1n) is 14.5. The Balaban J connectivity index is 0.000000510. The monoisotopic (exact) mass is 731 g/mol. The molecule has 2 rings (SSSR count). The number of hydrogen-bond acceptors (Lipinski definition) is 10. The lowest BCUT2D eigenvalue weighted by Crippen LogP contribution is -2.61. The van der Waals surface area contributed by atoms with Gasteiger partial charge in [0, 0.05) is 11.1 Å². The molecule has 0 aliphatic heterocycles. The average molecular weight is 732 g/mol. The number of carbonyl (C=O) groups is 4. The molecule has 0 radical (unpaired) electrons. The summed E-state index contributed by atoms with van der Waals surface area (Å²) in [6, 6.07) is 1.44. The highest BCUT2D eigenvalue weighted by Crippen LogP contribution is 2.23. The van der Waals surface area contributed by atoms with Crippen molar-refractivity contribution in [1.82, 2.24) is 16.1 Å². The minimum absolute atomic E-state index is 0.0287. The van der Waals surface area contributed by atoms with Crippen molar-refractivity contribution in [3.05, 3.63) is 59.7 Å². The smallest absolute Gasteiger partial charge is 0.406 e. The van der Waals surface area contributed by atoms with Gasteiger partial charge in [0.05, 0.1) is 6.61 Å². The van der Waals surface area contributed by atoms with Crippen LogP contribution in [0.3, 0.4) is 0 Å². The number of hydroxylamine groups is 1. The van der Waals surface area contributed by atoms with Crippen molar-refractivity contribution in [3.8, 4) is 35.2 Å². The summed E-state index contributed by atoms with van der Waals surface area (Å²) in [7, 11) is 0. The lowest BCUT2D eigenvalue weighted by Gasteiger charge is -2.25. The zero-order chi connectivity index (χ0) is 38.8. The Labute approximate surface area is 288 Å². The molecule has 0 unspecified atom stereocenters. The fraction of sp³-hybridized carbons (Fsp3) is 0.375. The number of esters is 1. The maximum atomic E-state index is 12.8. The first-order valence-corrected chi connectivity index (χ1v) is 14.5. The number of ether oxygens (including phenoxy) is 3. The van der Waals surface area contributed by atoms with Gasteiger partial charge in [-0.2, -0.15) is 26.3 Å². The molecule has 51 heavy (non-hydrogen) atoms. The van der Waals surface area contributed by atoms with Crippen molar-refractivity contribution in [1.29, 1.82) is 0 Å². The van der Waals surface area contributed by atoms with Crippen molar-refractivity contribution in [2.75, 3.05) is 19.8 Å². The second-order valence-corrected chi connectivity index (χ2v) is 9.74. The number of hydrogen-bond donors (Lipinski definition) is 6. The summed E-state index contributed by atoms with van der Waals surface area (Å²) in [5, 5.41) is 12.4. The second kappa shape index (κ2) is 20.9. The minimum Gasteiger partial charge on any atom is -0.481 e. The van der Waals surface area contributed by atoms with Gasteiger partial charge < -0.3 is 36.3 Å². The van der Waals surface area contributed by atoms with Crippen LogP contribution in [0.15, 0.2) is 48.5 Å². The predicted octanol–water partition coefficient (Wildman–Crippen LogP) is 2.22. The number of nitrogens with one attached hydrogen (secondary N) is 3. The van der Waals surface area contributed by atoms with E-state index in [1.54, 1.807) is 13.8 Å². The molecule has 0 fully saturated rings. The third kappa shape index (κ3) is 14.9. The van der Waals surface area contributed by atoms with Crippen LogP contribution >= 0.6 is 0 Å². The molecule has 0 bridgehead atoms. The maximum Gasteiger partial charge on any atom is 0.406 e. The van der Waals surface area contributed by atoms with Crippen LogP contribution in [-0.2, 0) is 14.3 Å². The molecule has 2 aromatic carbocycles. The van der Waals surface area contributed by atoms with Gasteiger partial charge >= 0.3 is 18.3 Å². The Morgan fingerprint density at radius 2 is 1.10 bits per heavy atom. The Kier molecular flexibility index (Phi) is 17.8. The summed E-state index contributed by atoms with van der Waals surface area (Å²) in [4.78, 5) is 47.3. The van der Waals surface area contributed by atoms with Gasteiger partial charge in [0.1, 0.15) is 42.8 Å². The molecular formula is C32H35F6N5O8. The van der Waals surface area contributed by atoms with E-state index >= 15 is 0 Å². The van der Waals surface area contributed by atoms with Gasteiger partial charge in [-0.3, -0.25) is 19.6 Å². The van der Waals surface area contributed by atoms with E-state index in [2.05, 4.69) is 28.4 Å². The normalized spacial score (nSPS) is 13.0. The van der Waals surface area contributed by atoms with Crippen molar-refractivity contribution >= 4 is 23.7 Å². The Bertz CT molecular complexity index is 1580. The molecule has 0 aliphatic carbocycles. The number of alkyl halides is 6. The van der Waals surface area contributed by atoms with Gasteiger partial charge in [-0.05, 0) is 69.3 Å². The molecule has 0 aliphatic rings. The van der Waals surface area contributed by atoms with Gasteiger partial charge in [-0.15, -0.1) is 11.8 Å². The first kappa shape index (κ1) is 43.5. The highest BCUT2D eigenvalue weighted by molar-refractivity contribution is 5.98. The summed E-state index contributed by atoms with van der Waals surface area (Å²) in [6.07, 6.45) is -9.84. The molecule has 3 amide bonds. The van der Waals surface area contributed by atoms with Crippen LogP contribution in [-0.4, -0.2) is 85.2 Å². The van der Waals surface area contributed by atoms with E-state index in [1.807, 2.05) is 10.6 Å². The van der Waals surface area contributed by atoms with Crippen LogP contribution in [0.5, 0.6) is 11.5 Å². The summed E-state index contributed by atoms with van der Waals surface area (Å²) in [5.41, 5.74) is 11.1. The molecule has 4 atom stereocenters. The quantitative estimate of drug-likeness (QED) is 0.0583. The van der Waals surface area contributed by atoms with Gasteiger partial charge in [0.2, 0.25) is 0 Å². The molecule has 0 saturated heterocycles. The van der Waals surface area contributed by atoms with E-state index in [-0.39, 0.29) is 30.9 Å². The van der Waals surface area contributed by atoms with E-state index in [1.165, 1.54) is 55.5 Å². The van der Waals surface area contributed by atoms with Gasteiger partial charge in [0.25, 0.3) is 17.7 Å². The van der Waals surface area contributed by atoms with E-state index in [0.29, 0.717) is 11.5 Å². The van der Waals surface area contributed by atoms with E-state index in [0.717, 1.165) is 5.48 Å². The van der Waals surface area contributed by atoms with Gasteiger partial charge in [-0.1, -0.05) is 11.8 Å². The zero-order valence-electron chi connectivity index (χ0n) is 27.3. The Hall–Kier alpha value is -5.50. The summed E-state index contributed by atoms with van der Waals surface area (Å²) in [5.74, 6) is 6.83. The molecule has 13 nitrogen and oxygen atoms in total. The van der Waals surface area contributed by atoms with Crippen molar-refractivity contribution < 1.29 is 64.9 Å². The molecule has 8 N–H and O–H groups in total. The number of carbonyl (C=O) groups excluding carboxylic acids is 4. The Morgan fingerprint density at radius 3 is 1.43 bits per heavy atom. The van der Waals surface area contributed by atoms with Gasteiger partial charge in [-0.25, -0.2) is 10.3 Å². The molecule has 0 saturated carbocycles. The molecule has 0 spiro atoms. The maximum absolute atomic E-state index is 12.8. The zero-order valence-corrected chi connectivity index (χ0v) is 27.3. The predicted molar refractivity (Wildman–Crippen MR) is 168 cm³/mol. The highest BCUT2D eigenvalue weighted by Gasteiger charge is 2.47. The van der Waals surface area contributed by atoms with Crippen molar-refractivity contribution in [2.45, 2.75) is 57.3 Å². The summed E-state index contributed by atoms with van der Waals surface area (Å²) >= 11 is 0. The fourth-order valence-electron chi connectivity index (χ4n) is 3.53. The van der Waals surface area contributed by atoms with E-state index in [4.69, 9.17) is 26.1 Å². The van der Waals surface area contributed by atoms with E-state index in [9.17, 15) is 45.5 Å². The van der Waals surface area contributed by atoms with Crippen molar-refractivity contribution in [3.63, 3.8) is 0 Å². The lowest BCUT2D eigenvalue weighted by molar-refractivity contribution is -0.169.